The van der Waals surface area contributed by atoms with Crippen LogP contribution in [0, 0.1) is 17.0 Å². The van der Waals surface area contributed by atoms with Crippen molar-refractivity contribution in [1.82, 2.24) is 10.3 Å². The normalized spacial score (nSPS) is 11.5. The maximum atomic E-state index is 13.9. The van der Waals surface area contributed by atoms with Crippen molar-refractivity contribution >= 4 is 40.6 Å². The van der Waals surface area contributed by atoms with Gasteiger partial charge in [0.2, 0.25) is 11.8 Å². The van der Waals surface area contributed by atoms with Crippen LogP contribution in [0.2, 0.25) is 0 Å². The van der Waals surface area contributed by atoms with E-state index in [0.29, 0.717) is 5.01 Å². The summed E-state index contributed by atoms with van der Waals surface area (Å²) in [7, 11) is 0. The molecule has 2 amide bonds. The summed E-state index contributed by atoms with van der Waals surface area (Å²) in [6.45, 7) is -0.209. The molecule has 0 fully saturated rings. The van der Waals surface area contributed by atoms with Crippen LogP contribution < -0.4 is 16.4 Å². The Morgan fingerprint density at radius 1 is 1.21 bits per heavy atom. The number of rotatable bonds is 9. The number of amidine groups is 1. The van der Waals surface area contributed by atoms with Gasteiger partial charge in [-0.25, -0.2) is 13.8 Å². The SMILES string of the molecule is N=C(N)c1cc(F)c(NC(=O)CCC(=O)NCC(C(=O)O)c2nccs2)c(F)c1. The van der Waals surface area contributed by atoms with Crippen molar-refractivity contribution in [2.45, 2.75) is 18.8 Å². The second kappa shape index (κ2) is 9.68. The lowest BCUT2D eigenvalue weighted by atomic mass is 10.1. The largest absolute Gasteiger partial charge is 0.481 e. The molecule has 0 aliphatic carbocycles. The zero-order valence-corrected chi connectivity index (χ0v) is 15.7. The number of nitrogens with one attached hydrogen (secondary N) is 3. The molecule has 2 rings (SSSR count). The van der Waals surface area contributed by atoms with Gasteiger partial charge >= 0.3 is 5.97 Å². The second-order valence-corrected chi connectivity index (χ2v) is 6.77. The van der Waals surface area contributed by atoms with Crippen LogP contribution in [-0.4, -0.2) is 40.3 Å². The molecule has 1 aromatic heterocycles. The summed E-state index contributed by atoms with van der Waals surface area (Å²) in [6, 6.07) is 1.61. The molecule has 0 saturated heterocycles. The molecule has 0 aliphatic rings. The number of carboxylic acids is 1. The first-order valence-corrected chi connectivity index (χ1v) is 9.09. The van der Waals surface area contributed by atoms with Gasteiger partial charge in [-0.15, -0.1) is 11.3 Å². The minimum absolute atomic E-state index is 0.175. The van der Waals surface area contributed by atoms with Gasteiger partial charge in [-0.05, 0) is 12.1 Å². The fourth-order valence-electron chi connectivity index (χ4n) is 2.27. The summed E-state index contributed by atoms with van der Waals surface area (Å²) in [5.74, 6) is -6.34. The number of aliphatic carboxylic acids is 1. The summed E-state index contributed by atoms with van der Waals surface area (Å²) in [5.41, 5.74) is 4.27. The summed E-state index contributed by atoms with van der Waals surface area (Å²) in [6.07, 6.45) is 0.752. The van der Waals surface area contributed by atoms with Crippen molar-refractivity contribution in [1.29, 1.82) is 5.41 Å². The maximum absolute atomic E-state index is 13.9. The third kappa shape index (κ3) is 6.04. The van der Waals surface area contributed by atoms with Crippen LogP contribution in [-0.2, 0) is 14.4 Å². The fourth-order valence-corrected chi connectivity index (χ4v) is 3.00. The van der Waals surface area contributed by atoms with E-state index in [1.54, 1.807) is 5.38 Å². The summed E-state index contributed by atoms with van der Waals surface area (Å²) in [4.78, 5) is 38.9. The number of carbonyl (C=O) groups excluding carboxylic acids is 2. The number of carboxylic acid groups (broad SMARTS) is 1. The van der Waals surface area contributed by atoms with Gasteiger partial charge in [-0.1, -0.05) is 0 Å². The van der Waals surface area contributed by atoms with Crippen molar-refractivity contribution in [2.75, 3.05) is 11.9 Å². The molecular formula is C17H17F2N5O4S. The van der Waals surface area contributed by atoms with E-state index < -0.39 is 46.9 Å². The molecule has 0 saturated carbocycles. The highest BCUT2D eigenvalue weighted by atomic mass is 32.1. The third-order valence-electron chi connectivity index (χ3n) is 3.75. The predicted octanol–water partition coefficient (Wildman–Crippen LogP) is 1.41. The number of aromatic nitrogens is 1. The van der Waals surface area contributed by atoms with E-state index in [-0.39, 0.29) is 24.9 Å². The van der Waals surface area contributed by atoms with E-state index in [0.717, 1.165) is 23.5 Å². The molecule has 1 heterocycles. The van der Waals surface area contributed by atoms with Gasteiger partial charge in [0.15, 0.2) is 0 Å². The number of anilines is 1. The van der Waals surface area contributed by atoms with E-state index in [1.807, 2.05) is 5.32 Å². The molecule has 0 spiro atoms. The maximum Gasteiger partial charge on any atom is 0.315 e. The molecule has 1 atom stereocenters. The van der Waals surface area contributed by atoms with E-state index in [9.17, 15) is 28.3 Å². The Morgan fingerprint density at radius 2 is 1.83 bits per heavy atom. The van der Waals surface area contributed by atoms with Gasteiger partial charge < -0.3 is 21.5 Å². The first kappa shape index (κ1) is 21.9. The smallest absolute Gasteiger partial charge is 0.315 e. The van der Waals surface area contributed by atoms with Crippen molar-refractivity contribution in [3.8, 4) is 0 Å². The van der Waals surface area contributed by atoms with Gasteiger partial charge in [0.1, 0.15) is 34.1 Å². The monoisotopic (exact) mass is 425 g/mol. The number of nitrogens with zero attached hydrogens (tertiary/aromatic N) is 1. The zero-order chi connectivity index (χ0) is 21.6. The van der Waals surface area contributed by atoms with Gasteiger partial charge in [0.05, 0.1) is 0 Å². The van der Waals surface area contributed by atoms with Crippen molar-refractivity contribution in [3.63, 3.8) is 0 Å². The lowest BCUT2D eigenvalue weighted by Gasteiger charge is -2.11. The average Bonchev–Trinajstić information content (AvgIpc) is 3.17. The van der Waals surface area contributed by atoms with Gasteiger partial charge in [0, 0.05) is 36.5 Å². The van der Waals surface area contributed by atoms with Crippen molar-refractivity contribution in [3.05, 3.63) is 45.9 Å². The minimum Gasteiger partial charge on any atom is -0.481 e. The number of amides is 2. The molecular weight excluding hydrogens is 408 g/mol. The third-order valence-corrected chi connectivity index (χ3v) is 4.64. The van der Waals surface area contributed by atoms with E-state index >= 15 is 0 Å². The molecule has 6 N–H and O–H groups in total. The molecule has 2 aromatic rings. The van der Waals surface area contributed by atoms with E-state index in [2.05, 4.69) is 10.3 Å². The standard InChI is InChI=1S/C17H17F2N5O4S/c18-10-5-8(15(20)21)6-11(19)14(10)24-13(26)2-1-12(25)23-7-9(17(27)28)16-22-3-4-29-16/h3-6,9H,1-2,7H2,(H3,20,21)(H,23,25)(H,24,26)(H,27,28). The van der Waals surface area contributed by atoms with Crippen LogP contribution in [0.3, 0.4) is 0 Å². The first-order valence-electron chi connectivity index (χ1n) is 8.21. The number of hydrogen-bond donors (Lipinski definition) is 5. The van der Waals surface area contributed by atoms with Crippen molar-refractivity contribution in [2.24, 2.45) is 5.73 Å². The zero-order valence-electron chi connectivity index (χ0n) is 14.9. The number of carbonyl (C=O) groups is 3. The number of nitrogen functional groups attached to an aromatic ring is 1. The predicted molar refractivity (Wildman–Crippen MR) is 101 cm³/mol. The summed E-state index contributed by atoms with van der Waals surface area (Å²) in [5, 5.41) is 22.7. The van der Waals surface area contributed by atoms with Crippen molar-refractivity contribution < 1.29 is 28.3 Å². The molecule has 0 bridgehead atoms. The van der Waals surface area contributed by atoms with Crippen LogP contribution >= 0.6 is 11.3 Å². The Labute approximate surface area is 167 Å². The number of benzene rings is 1. The van der Waals surface area contributed by atoms with Gasteiger partial charge in [0.25, 0.3) is 0 Å². The van der Waals surface area contributed by atoms with Crippen LogP contribution in [0.5, 0.6) is 0 Å². The quantitative estimate of drug-likeness (QED) is 0.302. The van der Waals surface area contributed by atoms with E-state index in [4.69, 9.17) is 11.1 Å². The van der Waals surface area contributed by atoms with Crippen LogP contribution in [0.1, 0.15) is 29.3 Å². The lowest BCUT2D eigenvalue weighted by Crippen LogP contribution is -2.32. The molecule has 29 heavy (non-hydrogen) atoms. The van der Waals surface area contributed by atoms with Gasteiger partial charge in [-0.2, -0.15) is 0 Å². The first-order chi connectivity index (χ1) is 13.7. The number of thiazole rings is 1. The number of hydrogen-bond acceptors (Lipinski definition) is 6. The Morgan fingerprint density at radius 3 is 2.34 bits per heavy atom. The molecule has 1 unspecified atom stereocenters. The Balaban J connectivity index is 1.87. The Kier molecular flexibility index (Phi) is 7.31. The molecule has 0 aliphatic heterocycles. The highest BCUT2D eigenvalue weighted by Crippen LogP contribution is 2.21. The van der Waals surface area contributed by atoms with Crippen LogP contribution in [0.25, 0.3) is 0 Å². The highest BCUT2D eigenvalue weighted by molar-refractivity contribution is 7.09. The lowest BCUT2D eigenvalue weighted by molar-refractivity contribution is -0.138. The Hall–Kier alpha value is -3.41. The van der Waals surface area contributed by atoms with Crippen LogP contribution in [0.15, 0.2) is 23.7 Å². The fraction of sp³-hybridized carbons (Fsp3) is 0.235. The summed E-state index contributed by atoms with van der Waals surface area (Å²) >= 11 is 1.14. The number of nitrogens with two attached hydrogens (primary N) is 1. The Bertz CT molecular complexity index is 913. The van der Waals surface area contributed by atoms with Crippen LogP contribution in [0.4, 0.5) is 14.5 Å². The highest BCUT2D eigenvalue weighted by Gasteiger charge is 2.23. The average molecular weight is 425 g/mol. The van der Waals surface area contributed by atoms with Gasteiger partial charge in [-0.3, -0.25) is 19.8 Å². The minimum atomic E-state index is -1.15. The molecule has 0 radical (unpaired) electrons. The number of halogens is 2. The molecule has 1 aromatic carbocycles. The molecule has 154 valence electrons. The molecule has 9 nitrogen and oxygen atoms in total. The topological polar surface area (TPSA) is 158 Å². The van der Waals surface area contributed by atoms with E-state index in [1.165, 1.54) is 6.20 Å². The molecule has 12 heteroatoms. The summed E-state index contributed by atoms with van der Waals surface area (Å²) < 4.78 is 27.8. The second-order valence-electron chi connectivity index (χ2n) is 5.84.